The predicted molar refractivity (Wildman–Crippen MR) is 85.0 cm³/mol. The summed E-state index contributed by atoms with van der Waals surface area (Å²) in [5.41, 5.74) is 1.16. The number of hydrogen-bond donors (Lipinski definition) is 0. The minimum atomic E-state index is -0.183. The van der Waals surface area contributed by atoms with Crippen molar-refractivity contribution >= 4 is 5.91 Å². The Kier molecular flexibility index (Phi) is 4.48. The average Bonchev–Trinajstić information content (AvgIpc) is 3.32. The fraction of sp³-hybridized carbons (Fsp3) is 0.611. The molecule has 0 bridgehead atoms. The maximum absolute atomic E-state index is 12.9. The molecule has 2 atom stereocenters. The van der Waals surface area contributed by atoms with Gasteiger partial charge in [-0.3, -0.25) is 9.69 Å². The summed E-state index contributed by atoms with van der Waals surface area (Å²) in [6.45, 7) is 7.03. The van der Waals surface area contributed by atoms with Crippen LogP contribution in [-0.4, -0.2) is 47.4 Å². The van der Waals surface area contributed by atoms with Crippen LogP contribution in [0.4, 0.5) is 4.39 Å². The van der Waals surface area contributed by atoms with Gasteiger partial charge in [0.05, 0.1) is 0 Å². The van der Waals surface area contributed by atoms with Gasteiger partial charge in [-0.1, -0.05) is 12.1 Å². The van der Waals surface area contributed by atoms with E-state index in [1.54, 1.807) is 0 Å². The molecule has 1 aliphatic heterocycles. The number of rotatable bonds is 4. The fourth-order valence-electron chi connectivity index (χ4n) is 3.48. The van der Waals surface area contributed by atoms with E-state index in [0.29, 0.717) is 23.9 Å². The van der Waals surface area contributed by atoms with Crippen molar-refractivity contribution in [3.05, 3.63) is 35.6 Å². The Morgan fingerprint density at radius 1 is 1.14 bits per heavy atom. The molecular formula is C18H25FN2O. The molecule has 0 N–H and O–H groups in total. The van der Waals surface area contributed by atoms with Gasteiger partial charge in [0.15, 0.2) is 0 Å². The molecule has 2 fully saturated rings. The Morgan fingerprint density at radius 2 is 1.73 bits per heavy atom. The third-order valence-electron chi connectivity index (χ3n) is 4.91. The van der Waals surface area contributed by atoms with E-state index >= 15 is 0 Å². The van der Waals surface area contributed by atoms with Crippen LogP contribution in [0.5, 0.6) is 0 Å². The van der Waals surface area contributed by atoms with Crippen molar-refractivity contribution in [1.82, 2.24) is 9.80 Å². The lowest BCUT2D eigenvalue weighted by molar-refractivity contribution is -0.136. The minimum Gasteiger partial charge on any atom is -0.339 e. The molecule has 1 aromatic rings. The maximum atomic E-state index is 12.9. The van der Waals surface area contributed by atoms with Gasteiger partial charge in [-0.05, 0) is 50.8 Å². The summed E-state index contributed by atoms with van der Waals surface area (Å²) in [4.78, 5) is 16.8. The molecule has 2 aliphatic rings. The molecule has 3 rings (SSSR count). The zero-order valence-electron chi connectivity index (χ0n) is 13.5. The summed E-state index contributed by atoms with van der Waals surface area (Å²) in [6, 6.07) is 7.52. The zero-order valence-corrected chi connectivity index (χ0v) is 13.5. The third kappa shape index (κ3) is 3.49. The van der Waals surface area contributed by atoms with Crippen LogP contribution in [0.3, 0.4) is 0 Å². The van der Waals surface area contributed by atoms with Crippen LogP contribution in [0.25, 0.3) is 0 Å². The quantitative estimate of drug-likeness (QED) is 0.854. The van der Waals surface area contributed by atoms with E-state index in [-0.39, 0.29) is 5.82 Å². The Balaban J connectivity index is 1.55. The lowest BCUT2D eigenvalue weighted by Crippen LogP contribution is -2.58. The summed E-state index contributed by atoms with van der Waals surface area (Å²) in [7, 11) is 0. The van der Waals surface area contributed by atoms with Gasteiger partial charge in [-0.2, -0.15) is 0 Å². The third-order valence-corrected chi connectivity index (χ3v) is 4.91. The number of halogens is 1. The Morgan fingerprint density at radius 3 is 2.27 bits per heavy atom. The topological polar surface area (TPSA) is 23.6 Å². The van der Waals surface area contributed by atoms with Crippen LogP contribution >= 0.6 is 0 Å². The second-order valence-corrected chi connectivity index (χ2v) is 6.83. The van der Waals surface area contributed by atoms with Gasteiger partial charge in [0, 0.05) is 37.6 Å². The molecule has 1 amide bonds. The largest absolute Gasteiger partial charge is 0.339 e. The van der Waals surface area contributed by atoms with E-state index in [0.717, 1.165) is 44.5 Å². The molecular weight excluding hydrogens is 279 g/mol. The second-order valence-electron chi connectivity index (χ2n) is 6.83. The van der Waals surface area contributed by atoms with Crippen LogP contribution in [0.15, 0.2) is 24.3 Å². The first-order valence-electron chi connectivity index (χ1n) is 8.33. The predicted octanol–water partition coefficient (Wildman–Crippen LogP) is 2.70. The first-order valence-corrected chi connectivity index (χ1v) is 8.33. The molecule has 0 spiro atoms. The van der Waals surface area contributed by atoms with Crippen LogP contribution in [0.2, 0.25) is 0 Å². The molecule has 4 heteroatoms. The summed E-state index contributed by atoms with van der Waals surface area (Å²) in [5, 5.41) is 0. The normalized spacial score (nSPS) is 26.2. The van der Waals surface area contributed by atoms with E-state index in [4.69, 9.17) is 0 Å². The van der Waals surface area contributed by atoms with Crippen molar-refractivity contribution in [3.8, 4) is 0 Å². The Bertz CT molecular complexity index is 514. The summed E-state index contributed by atoms with van der Waals surface area (Å²) >= 11 is 0. The highest BCUT2D eigenvalue weighted by molar-refractivity contribution is 5.81. The van der Waals surface area contributed by atoms with Gasteiger partial charge in [0.25, 0.3) is 0 Å². The van der Waals surface area contributed by atoms with Crippen LogP contribution in [0.1, 0.15) is 32.3 Å². The first kappa shape index (κ1) is 15.5. The highest BCUT2D eigenvalue weighted by Crippen LogP contribution is 2.32. The maximum Gasteiger partial charge on any atom is 0.225 e. The number of amides is 1. The number of carbonyl (C=O) groups is 1. The number of piperazine rings is 1. The standard InChI is InChI=1S/C18H25FN2O/c1-13-11-20(18(22)16-5-6-16)12-14(2)21(13)10-9-15-3-7-17(19)8-4-15/h3-4,7-8,13-14,16H,5-6,9-12H2,1-2H3. The number of benzene rings is 1. The van der Waals surface area contributed by atoms with Crippen LogP contribution < -0.4 is 0 Å². The zero-order chi connectivity index (χ0) is 15.7. The fourth-order valence-corrected chi connectivity index (χ4v) is 3.48. The number of hydrogen-bond acceptors (Lipinski definition) is 2. The highest BCUT2D eigenvalue weighted by atomic mass is 19.1. The molecule has 1 saturated heterocycles. The molecule has 22 heavy (non-hydrogen) atoms. The van der Waals surface area contributed by atoms with Gasteiger partial charge in [0.2, 0.25) is 5.91 Å². The van der Waals surface area contributed by atoms with Crippen molar-refractivity contribution in [3.63, 3.8) is 0 Å². The van der Waals surface area contributed by atoms with Crippen molar-refractivity contribution in [2.75, 3.05) is 19.6 Å². The van der Waals surface area contributed by atoms with Crippen molar-refractivity contribution < 1.29 is 9.18 Å². The first-order chi connectivity index (χ1) is 10.5. The van der Waals surface area contributed by atoms with Crippen molar-refractivity contribution in [2.24, 2.45) is 5.92 Å². The van der Waals surface area contributed by atoms with Crippen molar-refractivity contribution in [1.29, 1.82) is 0 Å². The lowest BCUT2D eigenvalue weighted by atomic mass is 10.0. The molecule has 1 aliphatic carbocycles. The summed E-state index contributed by atoms with van der Waals surface area (Å²) in [5.74, 6) is 0.486. The van der Waals surface area contributed by atoms with Gasteiger partial charge in [-0.15, -0.1) is 0 Å². The molecule has 1 aromatic carbocycles. The van der Waals surface area contributed by atoms with Crippen LogP contribution in [-0.2, 0) is 11.2 Å². The molecule has 1 saturated carbocycles. The van der Waals surface area contributed by atoms with Crippen molar-refractivity contribution in [2.45, 2.75) is 45.2 Å². The summed E-state index contributed by atoms with van der Waals surface area (Å²) < 4.78 is 12.9. The van der Waals surface area contributed by atoms with E-state index in [1.165, 1.54) is 12.1 Å². The summed E-state index contributed by atoms with van der Waals surface area (Å²) in [6.07, 6.45) is 3.07. The number of carbonyl (C=O) groups excluding carboxylic acids is 1. The van der Waals surface area contributed by atoms with E-state index in [9.17, 15) is 9.18 Å². The van der Waals surface area contributed by atoms with E-state index in [2.05, 4.69) is 23.6 Å². The number of nitrogens with zero attached hydrogens (tertiary/aromatic N) is 2. The van der Waals surface area contributed by atoms with Gasteiger partial charge in [0.1, 0.15) is 5.82 Å². The average molecular weight is 304 g/mol. The molecule has 120 valence electrons. The molecule has 1 heterocycles. The molecule has 3 nitrogen and oxygen atoms in total. The molecule has 0 aromatic heterocycles. The van der Waals surface area contributed by atoms with Gasteiger partial charge in [-0.25, -0.2) is 4.39 Å². The SMILES string of the molecule is CC1CN(C(=O)C2CC2)CC(C)N1CCc1ccc(F)cc1. The molecule has 0 radical (unpaired) electrons. The van der Waals surface area contributed by atoms with Gasteiger partial charge < -0.3 is 4.90 Å². The van der Waals surface area contributed by atoms with E-state index in [1.807, 2.05) is 12.1 Å². The molecule has 2 unspecified atom stereocenters. The van der Waals surface area contributed by atoms with Crippen LogP contribution in [0, 0.1) is 11.7 Å². The Hall–Kier alpha value is -1.42. The van der Waals surface area contributed by atoms with Gasteiger partial charge >= 0.3 is 0 Å². The lowest BCUT2D eigenvalue weighted by Gasteiger charge is -2.44. The Labute approximate surface area is 132 Å². The second kappa shape index (κ2) is 6.37. The monoisotopic (exact) mass is 304 g/mol. The highest BCUT2D eigenvalue weighted by Gasteiger charge is 2.38. The van der Waals surface area contributed by atoms with E-state index < -0.39 is 0 Å². The smallest absolute Gasteiger partial charge is 0.225 e. The minimum absolute atomic E-state index is 0.183.